The van der Waals surface area contributed by atoms with E-state index in [1.807, 2.05) is 6.07 Å². The van der Waals surface area contributed by atoms with Crippen LogP contribution in [0.15, 0.2) is 30.3 Å². The van der Waals surface area contributed by atoms with Crippen LogP contribution in [-0.4, -0.2) is 20.2 Å². The van der Waals surface area contributed by atoms with E-state index in [1.54, 1.807) is 4.68 Å². The number of benzene rings is 1. The summed E-state index contributed by atoms with van der Waals surface area (Å²) in [5.41, 5.74) is 1.34. The lowest BCUT2D eigenvalue weighted by Crippen LogP contribution is -2.07. The molecule has 0 radical (unpaired) electrons. The smallest absolute Gasteiger partial charge is 0.165 e. The zero-order valence-electron chi connectivity index (χ0n) is 9.75. The Morgan fingerprint density at radius 2 is 2.06 bits per heavy atom. The van der Waals surface area contributed by atoms with Crippen molar-refractivity contribution in [2.75, 3.05) is 0 Å². The Kier molecular flexibility index (Phi) is 4.09. The maximum atomic E-state index is 5.74. The van der Waals surface area contributed by atoms with Crippen molar-refractivity contribution in [2.45, 2.75) is 31.7 Å². The molecule has 90 valence electrons. The second kappa shape index (κ2) is 5.77. The lowest BCUT2D eigenvalue weighted by atomic mass is 9.98. The van der Waals surface area contributed by atoms with Crippen LogP contribution >= 0.6 is 11.6 Å². The Balaban J connectivity index is 1.95. The molecule has 4 nitrogen and oxygen atoms in total. The number of alkyl halides is 1. The monoisotopic (exact) mass is 250 g/mol. The number of nitrogens with zero attached hydrogens (tertiary/aromatic N) is 4. The molecule has 2 aromatic rings. The normalized spacial score (nSPS) is 12.6. The molecule has 0 amide bonds. The number of rotatable bonds is 5. The summed E-state index contributed by atoms with van der Waals surface area (Å²) >= 11 is 5.74. The minimum atomic E-state index is 0.354. The summed E-state index contributed by atoms with van der Waals surface area (Å²) < 4.78 is 1.77. The Morgan fingerprint density at radius 1 is 1.29 bits per heavy atom. The maximum Gasteiger partial charge on any atom is 0.165 e. The van der Waals surface area contributed by atoms with E-state index in [4.69, 9.17) is 11.6 Å². The second-order valence-electron chi connectivity index (χ2n) is 4.05. The largest absolute Gasteiger partial charge is 0.228 e. The van der Waals surface area contributed by atoms with Crippen LogP contribution in [0.1, 0.15) is 30.7 Å². The van der Waals surface area contributed by atoms with Gasteiger partial charge in [-0.3, -0.25) is 0 Å². The van der Waals surface area contributed by atoms with Crippen LogP contribution in [0, 0.1) is 0 Å². The molecule has 0 aliphatic heterocycles. The van der Waals surface area contributed by atoms with E-state index >= 15 is 0 Å². The highest BCUT2D eigenvalue weighted by Gasteiger charge is 2.08. The van der Waals surface area contributed by atoms with E-state index in [0.29, 0.717) is 11.8 Å². The van der Waals surface area contributed by atoms with Gasteiger partial charge in [0, 0.05) is 6.54 Å². The van der Waals surface area contributed by atoms with Crippen molar-refractivity contribution in [1.82, 2.24) is 20.2 Å². The Morgan fingerprint density at radius 3 is 2.76 bits per heavy atom. The van der Waals surface area contributed by atoms with Gasteiger partial charge in [0.25, 0.3) is 0 Å². The maximum absolute atomic E-state index is 5.74. The highest BCUT2D eigenvalue weighted by atomic mass is 35.5. The summed E-state index contributed by atoms with van der Waals surface area (Å²) in [6.07, 6.45) is 0.999. The van der Waals surface area contributed by atoms with E-state index in [-0.39, 0.29) is 0 Å². The Bertz CT molecular complexity index is 455. The van der Waals surface area contributed by atoms with Crippen LogP contribution < -0.4 is 0 Å². The van der Waals surface area contributed by atoms with E-state index in [0.717, 1.165) is 18.8 Å². The zero-order valence-corrected chi connectivity index (χ0v) is 10.5. The van der Waals surface area contributed by atoms with E-state index in [2.05, 4.69) is 46.7 Å². The summed E-state index contributed by atoms with van der Waals surface area (Å²) in [6.45, 7) is 3.01. The van der Waals surface area contributed by atoms with Crippen LogP contribution in [0.3, 0.4) is 0 Å². The van der Waals surface area contributed by atoms with E-state index < -0.39 is 0 Å². The first-order chi connectivity index (χ1) is 8.31. The van der Waals surface area contributed by atoms with Gasteiger partial charge in [-0.2, -0.15) is 0 Å². The summed E-state index contributed by atoms with van der Waals surface area (Å²) in [7, 11) is 0. The molecule has 0 aliphatic rings. The van der Waals surface area contributed by atoms with E-state index in [1.165, 1.54) is 5.56 Å². The van der Waals surface area contributed by atoms with Crippen LogP contribution in [0.5, 0.6) is 0 Å². The van der Waals surface area contributed by atoms with Gasteiger partial charge in [0.1, 0.15) is 0 Å². The molecule has 0 N–H and O–H groups in total. The van der Waals surface area contributed by atoms with Crippen molar-refractivity contribution in [3.63, 3.8) is 0 Å². The predicted molar refractivity (Wildman–Crippen MR) is 66.8 cm³/mol. The summed E-state index contributed by atoms with van der Waals surface area (Å²) in [6, 6.07) is 10.4. The molecule has 2 rings (SSSR count). The molecule has 0 saturated heterocycles. The van der Waals surface area contributed by atoms with Gasteiger partial charge in [-0.25, -0.2) is 4.68 Å². The minimum Gasteiger partial charge on any atom is -0.228 e. The zero-order chi connectivity index (χ0) is 12.1. The van der Waals surface area contributed by atoms with Gasteiger partial charge >= 0.3 is 0 Å². The fourth-order valence-corrected chi connectivity index (χ4v) is 1.95. The molecule has 0 saturated carbocycles. The topological polar surface area (TPSA) is 43.6 Å². The molecule has 0 bridgehead atoms. The van der Waals surface area contributed by atoms with Gasteiger partial charge in [-0.1, -0.05) is 37.3 Å². The van der Waals surface area contributed by atoms with Crippen molar-refractivity contribution in [3.8, 4) is 0 Å². The molecule has 5 heteroatoms. The molecule has 1 aromatic carbocycles. The molecule has 1 heterocycles. The number of aryl methyl sites for hydroxylation is 1. The number of aromatic nitrogens is 4. The predicted octanol–water partition coefficient (Wildman–Crippen LogP) is 2.61. The van der Waals surface area contributed by atoms with Crippen LogP contribution in [0.25, 0.3) is 0 Å². The standard InChI is InChI=1S/C12H15ClN4/c1-10(11-5-3-2-4-6-11)7-8-17-12(9-13)14-15-16-17/h2-6,10H,7-9H2,1H3. The van der Waals surface area contributed by atoms with Gasteiger partial charge in [0.2, 0.25) is 0 Å². The molecule has 0 fully saturated rings. The van der Waals surface area contributed by atoms with Crippen LogP contribution in [-0.2, 0) is 12.4 Å². The summed E-state index contributed by atoms with van der Waals surface area (Å²) in [4.78, 5) is 0. The fraction of sp³-hybridized carbons (Fsp3) is 0.417. The molecular weight excluding hydrogens is 236 g/mol. The highest BCUT2D eigenvalue weighted by Crippen LogP contribution is 2.19. The first-order valence-corrected chi connectivity index (χ1v) is 6.20. The summed E-state index contributed by atoms with van der Waals surface area (Å²) in [5, 5.41) is 11.4. The number of tetrazole rings is 1. The van der Waals surface area contributed by atoms with Crippen molar-refractivity contribution in [3.05, 3.63) is 41.7 Å². The molecule has 17 heavy (non-hydrogen) atoms. The third-order valence-electron chi connectivity index (χ3n) is 2.87. The fourth-order valence-electron chi connectivity index (χ4n) is 1.76. The molecular formula is C12H15ClN4. The Hall–Kier alpha value is -1.42. The third-order valence-corrected chi connectivity index (χ3v) is 3.11. The van der Waals surface area contributed by atoms with Crippen molar-refractivity contribution >= 4 is 11.6 Å². The number of halogens is 1. The molecule has 0 spiro atoms. The average molecular weight is 251 g/mol. The second-order valence-corrected chi connectivity index (χ2v) is 4.32. The van der Waals surface area contributed by atoms with Gasteiger partial charge < -0.3 is 0 Å². The number of hydrogen-bond donors (Lipinski definition) is 0. The average Bonchev–Trinajstić information content (AvgIpc) is 2.84. The summed E-state index contributed by atoms with van der Waals surface area (Å²) in [5.74, 6) is 1.57. The molecule has 1 aromatic heterocycles. The first kappa shape index (κ1) is 12.0. The van der Waals surface area contributed by atoms with Gasteiger partial charge in [-0.05, 0) is 28.3 Å². The number of hydrogen-bond acceptors (Lipinski definition) is 3. The quantitative estimate of drug-likeness (QED) is 0.767. The molecule has 0 aliphatic carbocycles. The van der Waals surface area contributed by atoms with Crippen molar-refractivity contribution in [2.24, 2.45) is 0 Å². The first-order valence-electron chi connectivity index (χ1n) is 5.67. The highest BCUT2D eigenvalue weighted by molar-refractivity contribution is 6.16. The van der Waals surface area contributed by atoms with Crippen molar-refractivity contribution in [1.29, 1.82) is 0 Å². The van der Waals surface area contributed by atoms with Gasteiger partial charge in [0.05, 0.1) is 5.88 Å². The van der Waals surface area contributed by atoms with Gasteiger partial charge in [0.15, 0.2) is 5.82 Å². The lowest BCUT2D eigenvalue weighted by Gasteiger charge is -2.11. The van der Waals surface area contributed by atoms with Crippen molar-refractivity contribution < 1.29 is 0 Å². The lowest BCUT2D eigenvalue weighted by molar-refractivity contribution is 0.509. The minimum absolute atomic E-state index is 0.354. The van der Waals surface area contributed by atoms with Crippen LogP contribution in [0.4, 0.5) is 0 Å². The molecule has 1 unspecified atom stereocenters. The Labute approximate surface area is 106 Å². The van der Waals surface area contributed by atoms with E-state index in [9.17, 15) is 0 Å². The van der Waals surface area contributed by atoms with Crippen LogP contribution in [0.2, 0.25) is 0 Å². The SMILES string of the molecule is CC(CCn1nnnc1CCl)c1ccccc1. The van der Waals surface area contributed by atoms with Gasteiger partial charge in [-0.15, -0.1) is 16.7 Å². The third kappa shape index (κ3) is 3.03. The molecule has 1 atom stereocenters.